The summed E-state index contributed by atoms with van der Waals surface area (Å²) < 4.78 is 33.7. The summed E-state index contributed by atoms with van der Waals surface area (Å²) in [5, 5.41) is 0.197. The van der Waals surface area contributed by atoms with Gasteiger partial charge in [0.2, 0.25) is 10.9 Å². The van der Waals surface area contributed by atoms with Crippen LogP contribution in [0.3, 0.4) is 0 Å². The molecule has 0 atom stereocenters. The number of ketones is 2. The van der Waals surface area contributed by atoms with Crippen LogP contribution in [0, 0.1) is 18.6 Å². The molecule has 4 aromatic carbocycles. The largest absolute Gasteiger partial charge is 0.485 e. The first-order valence-electron chi connectivity index (χ1n) is 18.2. The zero-order chi connectivity index (χ0) is 40.9. The monoisotopic (exact) mass is 782 g/mol. The van der Waals surface area contributed by atoms with Gasteiger partial charge in [-0.15, -0.1) is 0 Å². The van der Waals surface area contributed by atoms with Gasteiger partial charge >= 0.3 is 0 Å². The number of fused-ring (bicyclic) bond motifs is 2. The first-order chi connectivity index (χ1) is 27.2. The molecule has 2 aliphatic heterocycles. The number of Topliss-reactive ketones (excluding diaryl/α,β-unsaturated/α-hetero) is 2. The molecule has 8 rings (SSSR count). The van der Waals surface area contributed by atoms with Gasteiger partial charge in [0, 0.05) is 92.1 Å². The third-order valence-electron chi connectivity index (χ3n) is 10.3. The summed E-state index contributed by atoms with van der Waals surface area (Å²) in [7, 11) is 0. The molecular weight excluding hydrogens is 746 g/mol. The van der Waals surface area contributed by atoms with Crippen molar-refractivity contribution < 1.29 is 32.7 Å². The summed E-state index contributed by atoms with van der Waals surface area (Å²) in [4.78, 5) is 109. The number of H-pyrrole nitrogens is 2. The van der Waals surface area contributed by atoms with E-state index in [1.165, 1.54) is 46.5 Å². The van der Waals surface area contributed by atoms with Crippen LogP contribution < -0.4 is 36.3 Å². The molecule has 2 N–H and O–H groups in total. The van der Waals surface area contributed by atoms with Crippen molar-refractivity contribution in [2.45, 2.75) is 26.9 Å². The van der Waals surface area contributed by atoms with Gasteiger partial charge in [0.25, 0.3) is 34.2 Å². The number of piperazine rings is 2. The molecule has 2 aliphatic rings. The van der Waals surface area contributed by atoms with Crippen LogP contribution in [0.25, 0.3) is 21.8 Å². The Kier molecular flexibility index (Phi) is 10.2. The van der Waals surface area contributed by atoms with Crippen molar-refractivity contribution in [1.29, 1.82) is 0 Å². The molecule has 57 heavy (non-hydrogen) atoms. The fourth-order valence-electron chi connectivity index (χ4n) is 7.29. The van der Waals surface area contributed by atoms with Crippen LogP contribution in [0.2, 0.25) is 0 Å². The number of nitrogens with zero attached hydrogens (tertiary/aromatic N) is 4. The third-order valence-corrected chi connectivity index (χ3v) is 10.3. The highest BCUT2D eigenvalue weighted by molar-refractivity contribution is 6.45. The number of aromatic nitrogens is 2. The molecule has 0 aliphatic carbocycles. The van der Waals surface area contributed by atoms with Gasteiger partial charge in [-0.3, -0.25) is 38.4 Å². The smallest absolute Gasteiger partial charge is 0.295 e. The summed E-state index contributed by atoms with van der Waals surface area (Å²) in [6.45, 7) is 7.26. The summed E-state index contributed by atoms with van der Waals surface area (Å²) in [6, 6.07) is 8.76. The topological polar surface area (TPSA) is 190 Å². The fourth-order valence-corrected chi connectivity index (χ4v) is 7.29. The van der Waals surface area contributed by atoms with Crippen LogP contribution in [0.1, 0.15) is 40.1 Å². The van der Waals surface area contributed by atoms with E-state index in [9.17, 15) is 47.1 Å². The highest BCUT2D eigenvalue weighted by Crippen LogP contribution is 2.27. The van der Waals surface area contributed by atoms with Crippen LogP contribution in [-0.4, -0.2) is 102 Å². The molecule has 0 bridgehead atoms. The molecule has 2 amide bonds. The van der Waals surface area contributed by atoms with E-state index >= 15 is 0 Å². The maximum absolute atomic E-state index is 14.1. The van der Waals surface area contributed by atoms with Crippen molar-refractivity contribution in [2.75, 3.05) is 62.2 Å². The van der Waals surface area contributed by atoms with E-state index < -0.39 is 56.7 Å². The van der Waals surface area contributed by atoms with Crippen molar-refractivity contribution in [1.82, 2.24) is 19.8 Å². The van der Waals surface area contributed by atoms with Gasteiger partial charge in [0.05, 0.1) is 22.9 Å². The van der Waals surface area contributed by atoms with Crippen molar-refractivity contribution in [3.05, 3.63) is 118 Å². The molecule has 0 spiro atoms. The molecule has 2 aromatic heterocycles. The van der Waals surface area contributed by atoms with Crippen LogP contribution >= 0.6 is 0 Å². The van der Waals surface area contributed by atoms with Crippen molar-refractivity contribution in [2.24, 2.45) is 0 Å². The Bertz CT molecular complexity index is 2740. The first-order valence-corrected chi connectivity index (χ1v) is 18.2. The van der Waals surface area contributed by atoms with Crippen LogP contribution in [0.4, 0.5) is 20.2 Å². The molecule has 0 radical (unpaired) electrons. The lowest BCUT2D eigenvalue weighted by atomic mass is 10.1. The van der Waals surface area contributed by atoms with Gasteiger partial charge in [-0.1, -0.05) is 12.1 Å². The Labute approximate surface area is 321 Å². The number of ether oxygens (including phenoxy) is 1. The maximum Gasteiger partial charge on any atom is 0.295 e. The molecule has 294 valence electrons. The van der Waals surface area contributed by atoms with E-state index in [1.807, 2.05) is 0 Å². The lowest BCUT2D eigenvalue weighted by molar-refractivity contribution is -0.127. The van der Waals surface area contributed by atoms with E-state index in [0.717, 1.165) is 0 Å². The van der Waals surface area contributed by atoms with Crippen LogP contribution in [0.5, 0.6) is 5.75 Å². The van der Waals surface area contributed by atoms with Gasteiger partial charge in [-0.25, -0.2) is 8.78 Å². The molecule has 0 unspecified atom stereocenters. The Hall–Kier alpha value is -6.78. The zero-order valence-electron chi connectivity index (χ0n) is 31.1. The second-order valence-electron chi connectivity index (χ2n) is 14.1. The van der Waals surface area contributed by atoms with Crippen LogP contribution in [-0.2, 0) is 9.59 Å². The number of carbonyl (C=O) groups excluding carboxylic acids is 4. The Morgan fingerprint density at radius 3 is 1.46 bits per heavy atom. The number of nitrogens with one attached hydrogen (secondary N) is 2. The third kappa shape index (κ3) is 6.78. The molecule has 17 heteroatoms. The Balaban J connectivity index is 0.000000175. The molecular formula is C40H36F2N6O9. The number of benzene rings is 2. The van der Waals surface area contributed by atoms with Gasteiger partial charge in [0.15, 0.2) is 5.75 Å². The van der Waals surface area contributed by atoms with E-state index in [2.05, 4.69) is 9.97 Å². The van der Waals surface area contributed by atoms with Gasteiger partial charge in [-0.05, 0) is 45.0 Å². The van der Waals surface area contributed by atoms with Crippen LogP contribution in [0.15, 0.2) is 68.0 Å². The van der Waals surface area contributed by atoms with E-state index in [4.69, 9.17) is 4.74 Å². The highest BCUT2D eigenvalue weighted by atomic mass is 19.1. The second kappa shape index (κ2) is 15.0. The van der Waals surface area contributed by atoms with Crippen molar-refractivity contribution in [3.8, 4) is 5.75 Å². The molecule has 4 heterocycles. The SMILES string of the molecule is CC(C)Oc1c(N2CCN(C(=O)C(=O)c3c[nH]c4cccc(F)c34)CC2)c(=O)c1=O.Cc1c(N2CCN(C(=O)C(=O)c3c[nH]c4cccc(F)c34)CC2)c(=O)c1=O. The summed E-state index contributed by atoms with van der Waals surface area (Å²) in [6.07, 6.45) is 2.43. The number of anilines is 2. The average Bonchev–Trinajstić information content (AvgIpc) is 3.87. The van der Waals surface area contributed by atoms with E-state index in [1.54, 1.807) is 42.7 Å². The standard InChI is InChI=1S/C21H20FN3O5.C19H16FN3O4/c1-11(2)30-20-16(18(27)19(20)28)24-6-8-25(9-7-24)21(29)17(26)12-10-23-14-5-3-4-13(22)15(12)14;1-10-15(18(26)16(10)24)22-5-7-23(8-6-22)19(27)17(25)11-9-21-13-4-2-3-12(20)14(11)13/h3-5,10-11,23H,6-9H2,1-2H3;2-4,9,21H,5-8H2,1H3. The van der Waals surface area contributed by atoms with Gasteiger partial charge in [0.1, 0.15) is 17.3 Å². The molecule has 0 saturated carbocycles. The van der Waals surface area contributed by atoms with E-state index in [0.29, 0.717) is 35.4 Å². The number of aromatic amines is 2. The fraction of sp³-hybridized carbons (Fsp3) is 0.300. The number of hydrogen-bond acceptors (Lipinski definition) is 11. The predicted octanol–water partition coefficient (Wildman–Crippen LogP) is 1.96. The Morgan fingerprint density at radius 2 is 1.04 bits per heavy atom. The molecule has 6 aromatic rings. The summed E-state index contributed by atoms with van der Waals surface area (Å²) >= 11 is 0. The van der Waals surface area contributed by atoms with E-state index in [-0.39, 0.29) is 78.7 Å². The Morgan fingerprint density at radius 1 is 0.614 bits per heavy atom. The normalized spacial score (nSPS) is 14.8. The maximum atomic E-state index is 14.1. The van der Waals surface area contributed by atoms with Gasteiger partial charge in [-0.2, -0.15) is 0 Å². The first kappa shape index (κ1) is 38.5. The minimum absolute atomic E-state index is 0.00819. The zero-order valence-corrected chi connectivity index (χ0v) is 31.1. The number of rotatable bonds is 8. The quantitative estimate of drug-likeness (QED) is 0.170. The number of carbonyl (C=O) groups is 4. The second-order valence-corrected chi connectivity index (χ2v) is 14.1. The minimum Gasteiger partial charge on any atom is -0.485 e. The number of hydrogen-bond donors (Lipinski definition) is 2. The molecule has 15 nitrogen and oxygen atoms in total. The number of halogens is 2. The summed E-state index contributed by atoms with van der Waals surface area (Å²) in [5.41, 5.74) is -0.268. The minimum atomic E-state index is -0.794. The molecule has 2 fully saturated rings. The van der Waals surface area contributed by atoms with Crippen molar-refractivity contribution in [3.63, 3.8) is 0 Å². The number of amides is 2. The van der Waals surface area contributed by atoms with Crippen molar-refractivity contribution >= 4 is 56.6 Å². The van der Waals surface area contributed by atoms with Gasteiger partial charge < -0.3 is 34.3 Å². The molecule has 2 saturated heterocycles. The lowest BCUT2D eigenvalue weighted by Crippen LogP contribution is -2.54. The summed E-state index contributed by atoms with van der Waals surface area (Å²) in [5.74, 6) is -4.09. The predicted molar refractivity (Wildman–Crippen MR) is 206 cm³/mol. The highest BCUT2D eigenvalue weighted by Gasteiger charge is 2.35. The average molecular weight is 783 g/mol. The lowest BCUT2D eigenvalue weighted by Gasteiger charge is -2.36.